The van der Waals surface area contributed by atoms with Crippen molar-refractivity contribution in [2.75, 3.05) is 74.1 Å². The predicted octanol–water partition coefficient (Wildman–Crippen LogP) is 4.22. The third kappa shape index (κ3) is 17.1. The van der Waals surface area contributed by atoms with Crippen molar-refractivity contribution < 1.29 is 19.4 Å². The monoisotopic (exact) mass is 598 g/mol. The highest BCUT2D eigenvalue weighted by molar-refractivity contribution is 5.85. The lowest BCUT2D eigenvalue weighted by Gasteiger charge is -2.34. The first-order chi connectivity index (χ1) is 19.4. The van der Waals surface area contributed by atoms with Crippen LogP contribution in [0.5, 0.6) is 0 Å². The number of rotatable bonds is 7. The van der Waals surface area contributed by atoms with Gasteiger partial charge in [0.1, 0.15) is 11.6 Å². The Morgan fingerprint density at radius 2 is 1.50 bits per heavy atom. The van der Waals surface area contributed by atoms with E-state index < -0.39 is 0 Å². The van der Waals surface area contributed by atoms with Crippen molar-refractivity contribution in [3.8, 4) is 0 Å². The van der Waals surface area contributed by atoms with Crippen LogP contribution in [-0.2, 0) is 19.4 Å². The van der Waals surface area contributed by atoms with Gasteiger partial charge in [-0.1, -0.05) is 48.5 Å². The molecule has 9 heteroatoms. The molecule has 0 spiro atoms. The Morgan fingerprint density at radius 3 is 1.93 bits per heavy atom. The Balaban J connectivity index is 0.000000544. The second-order valence-corrected chi connectivity index (χ2v) is 14.0. The van der Waals surface area contributed by atoms with E-state index in [9.17, 15) is 9.59 Å². The molecule has 0 amide bonds. The zero-order chi connectivity index (χ0) is 32.6. The van der Waals surface area contributed by atoms with Crippen molar-refractivity contribution in [3.05, 3.63) is 11.3 Å². The van der Waals surface area contributed by atoms with E-state index in [-0.39, 0.29) is 17.4 Å². The highest BCUT2D eigenvalue weighted by Gasteiger charge is 2.32. The Hall–Kier alpha value is -1.36. The second-order valence-electron chi connectivity index (χ2n) is 14.0. The topological polar surface area (TPSA) is 100 Å². The van der Waals surface area contributed by atoms with E-state index >= 15 is 0 Å². The molecule has 3 aliphatic rings. The summed E-state index contributed by atoms with van der Waals surface area (Å²) in [5.74, 6) is 2.25. The fourth-order valence-corrected chi connectivity index (χ4v) is 4.75. The van der Waals surface area contributed by atoms with Crippen LogP contribution in [0.3, 0.4) is 0 Å². The number of nitrogens with one attached hydrogen (secondary N) is 1. The Kier molecular flexibility index (Phi) is 19.9. The van der Waals surface area contributed by atoms with Crippen LogP contribution in [0, 0.1) is 23.2 Å². The van der Waals surface area contributed by atoms with Crippen LogP contribution >= 0.6 is 0 Å². The fourth-order valence-electron chi connectivity index (χ4n) is 4.75. The minimum atomic E-state index is -0.104. The Morgan fingerprint density at radius 1 is 0.929 bits per heavy atom. The summed E-state index contributed by atoms with van der Waals surface area (Å²) in [6.07, 6.45) is 2.65. The van der Waals surface area contributed by atoms with Gasteiger partial charge in [-0.15, -0.1) is 0 Å². The van der Waals surface area contributed by atoms with E-state index in [0.29, 0.717) is 36.1 Å². The van der Waals surface area contributed by atoms with Gasteiger partial charge in [-0.05, 0) is 58.8 Å². The van der Waals surface area contributed by atoms with E-state index in [1.807, 2.05) is 34.6 Å². The number of carbonyl (C=O) groups is 2. The zero-order valence-electron chi connectivity index (χ0n) is 29.5. The molecule has 0 aromatic carbocycles. The number of likely N-dealkylation sites (tertiary alicyclic amines) is 2. The van der Waals surface area contributed by atoms with Crippen LogP contribution in [0.1, 0.15) is 81.6 Å². The van der Waals surface area contributed by atoms with Gasteiger partial charge in [0.05, 0.1) is 13.7 Å². The first kappa shape index (κ1) is 40.6. The largest absolute Gasteiger partial charge is 0.386 e. The van der Waals surface area contributed by atoms with Gasteiger partial charge in [0.2, 0.25) is 0 Å². The number of ketones is 2. The molecule has 0 bridgehead atoms. The highest BCUT2D eigenvalue weighted by Crippen LogP contribution is 2.23. The first-order valence-corrected chi connectivity index (χ1v) is 15.9. The van der Waals surface area contributed by atoms with Gasteiger partial charge in [-0.3, -0.25) is 9.59 Å². The molecule has 3 rings (SSSR count). The lowest BCUT2D eigenvalue weighted by Crippen LogP contribution is -2.44. The molecular formula is C33H67N5O4. The third-order valence-electron chi connectivity index (χ3n) is 8.42. The van der Waals surface area contributed by atoms with Crippen molar-refractivity contribution in [1.82, 2.24) is 20.0 Å². The summed E-state index contributed by atoms with van der Waals surface area (Å²) in [4.78, 5) is 37.9. The van der Waals surface area contributed by atoms with Crippen molar-refractivity contribution in [1.29, 1.82) is 0 Å². The summed E-state index contributed by atoms with van der Waals surface area (Å²) in [6, 6.07) is 0.660. The molecular weight excluding hydrogens is 530 g/mol. The molecule has 3 heterocycles. The number of piperidine rings is 2. The molecule has 2 saturated heterocycles. The van der Waals surface area contributed by atoms with E-state index in [1.165, 1.54) is 31.3 Å². The standard InChI is InChI=1S/C12H24N2.C8H15NO.C7H13NO.C6H15NO2/c1-9(2)11(4)13-12-6-7-14(5)8-10(12)3;1-8(2)6-9(3)5-4-7(8)10;1-6-5-8(2)4-3-7(6)9;1-5(2)6(7)4-9-8-3/h9,11,13H,6-8H2,1-5H3;4-6H2,1-3H3;6H,3-5H2,1-2H3;5-6H,4,7H2,1-3H3/t11-;;;6-/m0..0/s1. The van der Waals surface area contributed by atoms with Crippen molar-refractivity contribution in [3.63, 3.8) is 0 Å². The Labute approximate surface area is 258 Å². The van der Waals surface area contributed by atoms with E-state index in [1.54, 1.807) is 0 Å². The van der Waals surface area contributed by atoms with Crippen molar-refractivity contribution >= 4 is 11.6 Å². The number of hydrogen-bond acceptors (Lipinski definition) is 9. The molecule has 0 aliphatic carbocycles. The highest BCUT2D eigenvalue weighted by atomic mass is 17.2. The lowest BCUT2D eigenvalue weighted by atomic mass is 9.83. The number of Topliss-reactive ketones (excluding diaryl/α,β-unsaturated/α-hetero) is 2. The number of carbonyl (C=O) groups excluding carboxylic acids is 2. The van der Waals surface area contributed by atoms with Crippen LogP contribution in [-0.4, -0.2) is 112 Å². The van der Waals surface area contributed by atoms with Gasteiger partial charge in [0.25, 0.3) is 0 Å². The zero-order valence-corrected chi connectivity index (χ0v) is 29.5. The van der Waals surface area contributed by atoms with Crippen molar-refractivity contribution in [2.24, 2.45) is 28.9 Å². The summed E-state index contributed by atoms with van der Waals surface area (Å²) in [5, 5.41) is 3.64. The summed E-state index contributed by atoms with van der Waals surface area (Å²) < 4.78 is 0. The minimum Gasteiger partial charge on any atom is -0.386 e. The molecule has 3 N–H and O–H groups in total. The van der Waals surface area contributed by atoms with Crippen LogP contribution in [0.2, 0.25) is 0 Å². The van der Waals surface area contributed by atoms with Crippen molar-refractivity contribution in [2.45, 2.75) is 93.7 Å². The summed E-state index contributed by atoms with van der Waals surface area (Å²) in [6.45, 7) is 25.7. The molecule has 3 aliphatic heterocycles. The number of nitrogens with two attached hydrogens (primary N) is 1. The normalized spacial score (nSPS) is 23.3. The molecule has 0 aromatic heterocycles. The smallest absolute Gasteiger partial charge is 0.141 e. The van der Waals surface area contributed by atoms with Crippen LogP contribution in [0.15, 0.2) is 11.3 Å². The Bertz CT molecular complexity index is 814. The number of nitrogens with zero attached hydrogens (tertiary/aromatic N) is 3. The molecule has 42 heavy (non-hydrogen) atoms. The molecule has 2 fully saturated rings. The number of likely N-dealkylation sites (N-methyl/N-ethyl adjacent to an activating group) is 1. The van der Waals surface area contributed by atoms with Crippen LogP contribution in [0.25, 0.3) is 0 Å². The van der Waals surface area contributed by atoms with E-state index in [4.69, 9.17) is 5.73 Å². The molecule has 248 valence electrons. The molecule has 0 radical (unpaired) electrons. The molecule has 3 atom stereocenters. The maximum Gasteiger partial charge on any atom is 0.141 e. The van der Waals surface area contributed by atoms with Gasteiger partial charge >= 0.3 is 0 Å². The first-order valence-electron chi connectivity index (χ1n) is 15.9. The van der Waals surface area contributed by atoms with E-state index in [0.717, 1.165) is 45.6 Å². The van der Waals surface area contributed by atoms with Gasteiger partial charge in [0, 0.05) is 81.2 Å². The van der Waals surface area contributed by atoms with Crippen LogP contribution in [0.4, 0.5) is 0 Å². The second kappa shape index (κ2) is 20.6. The van der Waals surface area contributed by atoms with Gasteiger partial charge in [-0.2, -0.15) is 0 Å². The van der Waals surface area contributed by atoms with Gasteiger partial charge < -0.3 is 25.8 Å². The maximum absolute atomic E-state index is 11.2. The van der Waals surface area contributed by atoms with Gasteiger partial charge in [-0.25, -0.2) is 9.78 Å². The maximum atomic E-state index is 11.2. The average molecular weight is 598 g/mol. The quantitative estimate of drug-likeness (QED) is 0.330. The van der Waals surface area contributed by atoms with Crippen LogP contribution < -0.4 is 11.1 Å². The fraction of sp³-hybridized carbons (Fsp3) is 0.879. The average Bonchev–Trinajstić information content (AvgIpc) is 2.89. The molecule has 1 unspecified atom stereocenters. The van der Waals surface area contributed by atoms with Gasteiger partial charge in [0.15, 0.2) is 0 Å². The third-order valence-corrected chi connectivity index (χ3v) is 8.42. The molecule has 0 saturated carbocycles. The number of hydrogen-bond donors (Lipinski definition) is 2. The van der Waals surface area contributed by atoms with E-state index in [2.05, 4.69) is 78.6 Å². The summed E-state index contributed by atoms with van der Waals surface area (Å²) in [5.41, 5.74) is 8.48. The predicted molar refractivity (Wildman–Crippen MR) is 175 cm³/mol. The summed E-state index contributed by atoms with van der Waals surface area (Å²) in [7, 11) is 7.79. The molecule has 9 nitrogen and oxygen atoms in total. The SMILES string of the molecule is CC1=C(N[C@@H](C)C(C)C)CCN(C)C1.CC1CN(C)CCC1=O.CN1CCC(=O)C(C)(C)C1.COOC[C@H](N)C(C)C. The minimum absolute atomic E-state index is 0.0740. The summed E-state index contributed by atoms with van der Waals surface area (Å²) >= 11 is 0. The lowest BCUT2D eigenvalue weighted by molar-refractivity contribution is -0.276. The molecule has 0 aromatic rings.